The second kappa shape index (κ2) is 3.66. The molecule has 1 amide bonds. The zero-order chi connectivity index (χ0) is 9.26. The van der Waals surface area contributed by atoms with E-state index in [1.165, 1.54) is 0 Å². The summed E-state index contributed by atoms with van der Waals surface area (Å²) in [6, 6.07) is 0.357. The molecule has 2 fully saturated rings. The first-order chi connectivity index (χ1) is 6.31. The Morgan fingerprint density at radius 2 is 2.46 bits per heavy atom. The van der Waals surface area contributed by atoms with Crippen LogP contribution in [0.15, 0.2) is 0 Å². The third-order valence-electron chi connectivity index (χ3n) is 3.17. The van der Waals surface area contributed by atoms with Gasteiger partial charge in [-0.15, -0.1) is 0 Å². The highest BCUT2D eigenvalue weighted by molar-refractivity contribution is 5.79. The molecule has 3 atom stereocenters. The van der Waals surface area contributed by atoms with E-state index in [9.17, 15) is 4.79 Å². The maximum Gasteiger partial charge on any atom is 0.220 e. The lowest BCUT2D eigenvalue weighted by molar-refractivity contribution is -0.119. The minimum Gasteiger partial charge on any atom is -0.378 e. The van der Waals surface area contributed by atoms with Crippen LogP contribution in [0.25, 0.3) is 0 Å². The van der Waals surface area contributed by atoms with E-state index in [1.807, 2.05) is 0 Å². The molecule has 0 bridgehead atoms. The van der Waals surface area contributed by atoms with E-state index in [1.54, 1.807) is 0 Å². The Kier molecular flexibility index (Phi) is 2.54. The average Bonchev–Trinajstić information content (AvgIpc) is 2.71. The molecule has 13 heavy (non-hydrogen) atoms. The molecule has 0 aromatic heterocycles. The van der Waals surface area contributed by atoms with Crippen molar-refractivity contribution in [2.75, 3.05) is 6.61 Å². The third kappa shape index (κ3) is 1.70. The van der Waals surface area contributed by atoms with Gasteiger partial charge >= 0.3 is 0 Å². The monoisotopic (exact) mass is 183 g/mol. The zero-order valence-corrected chi connectivity index (χ0v) is 8.08. The predicted octanol–water partition coefficient (Wildman–Crippen LogP) is 1.08. The minimum absolute atomic E-state index is 0.201. The lowest BCUT2D eigenvalue weighted by Crippen LogP contribution is -2.33. The molecule has 2 saturated heterocycles. The maximum absolute atomic E-state index is 11.2. The second-order valence-corrected chi connectivity index (χ2v) is 4.00. The molecule has 2 aliphatic rings. The van der Waals surface area contributed by atoms with Gasteiger partial charge in [0.15, 0.2) is 0 Å². The maximum atomic E-state index is 11.2. The van der Waals surface area contributed by atoms with Crippen LogP contribution in [-0.4, -0.2) is 24.7 Å². The van der Waals surface area contributed by atoms with Crippen molar-refractivity contribution >= 4 is 5.91 Å². The van der Waals surface area contributed by atoms with Gasteiger partial charge in [-0.25, -0.2) is 0 Å². The number of amides is 1. The minimum atomic E-state index is 0.201. The third-order valence-corrected chi connectivity index (χ3v) is 3.17. The largest absolute Gasteiger partial charge is 0.378 e. The molecular formula is C10H17NO2. The van der Waals surface area contributed by atoms with Crippen LogP contribution in [0.2, 0.25) is 0 Å². The Morgan fingerprint density at radius 1 is 1.62 bits per heavy atom. The standard InChI is InChI=1S/C10H17NO2/c1-2-8-7(6-10(12)11-8)9-4-3-5-13-9/h7-9H,2-6H2,1H3,(H,11,12). The predicted molar refractivity (Wildman–Crippen MR) is 49.3 cm³/mol. The summed E-state index contributed by atoms with van der Waals surface area (Å²) in [7, 11) is 0. The van der Waals surface area contributed by atoms with Crippen molar-refractivity contribution in [3.8, 4) is 0 Å². The van der Waals surface area contributed by atoms with E-state index in [0.29, 0.717) is 24.5 Å². The van der Waals surface area contributed by atoms with E-state index < -0.39 is 0 Å². The van der Waals surface area contributed by atoms with Crippen LogP contribution in [0.4, 0.5) is 0 Å². The summed E-state index contributed by atoms with van der Waals surface area (Å²) < 4.78 is 5.63. The van der Waals surface area contributed by atoms with Crippen molar-refractivity contribution in [3.05, 3.63) is 0 Å². The molecule has 2 aliphatic heterocycles. The molecule has 0 aromatic carbocycles. The Balaban J connectivity index is 1.99. The number of hydrogen-bond acceptors (Lipinski definition) is 2. The van der Waals surface area contributed by atoms with E-state index >= 15 is 0 Å². The summed E-state index contributed by atoms with van der Waals surface area (Å²) in [4.78, 5) is 11.2. The fourth-order valence-electron chi connectivity index (χ4n) is 2.46. The number of nitrogens with one attached hydrogen (secondary N) is 1. The molecule has 1 N–H and O–H groups in total. The molecule has 3 nitrogen and oxygen atoms in total. The zero-order valence-electron chi connectivity index (χ0n) is 8.08. The van der Waals surface area contributed by atoms with Crippen LogP contribution in [0.5, 0.6) is 0 Å². The quantitative estimate of drug-likeness (QED) is 0.695. The van der Waals surface area contributed by atoms with Gasteiger partial charge in [0.25, 0.3) is 0 Å². The lowest BCUT2D eigenvalue weighted by atomic mass is 9.91. The first-order valence-corrected chi connectivity index (χ1v) is 5.22. The van der Waals surface area contributed by atoms with Gasteiger partial charge < -0.3 is 10.1 Å². The van der Waals surface area contributed by atoms with Crippen LogP contribution < -0.4 is 5.32 Å². The van der Waals surface area contributed by atoms with Crippen LogP contribution in [0.3, 0.4) is 0 Å². The topological polar surface area (TPSA) is 38.3 Å². The summed E-state index contributed by atoms with van der Waals surface area (Å²) in [6.45, 7) is 3.00. The summed E-state index contributed by atoms with van der Waals surface area (Å²) >= 11 is 0. The fraction of sp³-hybridized carbons (Fsp3) is 0.900. The highest BCUT2D eigenvalue weighted by Gasteiger charge is 2.38. The second-order valence-electron chi connectivity index (χ2n) is 4.00. The first-order valence-electron chi connectivity index (χ1n) is 5.22. The smallest absolute Gasteiger partial charge is 0.220 e. The molecule has 0 spiro atoms. The van der Waals surface area contributed by atoms with Crippen LogP contribution in [-0.2, 0) is 9.53 Å². The Morgan fingerprint density at radius 3 is 3.08 bits per heavy atom. The Bertz CT molecular complexity index is 199. The summed E-state index contributed by atoms with van der Waals surface area (Å²) in [5.41, 5.74) is 0. The molecule has 2 heterocycles. The highest BCUT2D eigenvalue weighted by atomic mass is 16.5. The summed E-state index contributed by atoms with van der Waals surface area (Å²) in [5, 5.41) is 3.01. The van der Waals surface area contributed by atoms with Crippen molar-refractivity contribution in [3.63, 3.8) is 0 Å². The lowest BCUT2D eigenvalue weighted by Gasteiger charge is -2.22. The molecule has 0 radical (unpaired) electrons. The number of carbonyl (C=O) groups excluding carboxylic acids is 1. The molecule has 0 saturated carbocycles. The van der Waals surface area contributed by atoms with Crippen molar-refractivity contribution in [2.24, 2.45) is 5.92 Å². The normalized spacial score (nSPS) is 39.5. The Hall–Kier alpha value is -0.570. The molecule has 3 heteroatoms. The van der Waals surface area contributed by atoms with E-state index in [-0.39, 0.29) is 5.91 Å². The SMILES string of the molecule is CCC1NC(=O)CC1C1CCCO1. The van der Waals surface area contributed by atoms with Gasteiger partial charge in [0.2, 0.25) is 5.91 Å². The molecule has 0 aromatic rings. The van der Waals surface area contributed by atoms with Gasteiger partial charge in [0.1, 0.15) is 0 Å². The van der Waals surface area contributed by atoms with E-state index in [4.69, 9.17) is 4.74 Å². The van der Waals surface area contributed by atoms with Crippen molar-refractivity contribution < 1.29 is 9.53 Å². The molecule has 3 unspecified atom stereocenters. The molecule has 74 valence electrons. The molecule has 0 aliphatic carbocycles. The molecule has 2 rings (SSSR count). The number of carbonyl (C=O) groups is 1. The van der Waals surface area contributed by atoms with Gasteiger partial charge in [-0.2, -0.15) is 0 Å². The average molecular weight is 183 g/mol. The van der Waals surface area contributed by atoms with Crippen LogP contribution in [0.1, 0.15) is 32.6 Å². The number of rotatable bonds is 2. The summed E-state index contributed by atoms with van der Waals surface area (Å²) in [5.74, 6) is 0.632. The first kappa shape index (κ1) is 9.00. The van der Waals surface area contributed by atoms with Crippen molar-refractivity contribution in [1.82, 2.24) is 5.32 Å². The number of hydrogen-bond donors (Lipinski definition) is 1. The number of ether oxygens (including phenoxy) is 1. The van der Waals surface area contributed by atoms with E-state index in [2.05, 4.69) is 12.2 Å². The fourth-order valence-corrected chi connectivity index (χ4v) is 2.46. The van der Waals surface area contributed by atoms with Gasteiger partial charge in [-0.05, 0) is 19.3 Å². The van der Waals surface area contributed by atoms with Gasteiger partial charge in [0.05, 0.1) is 6.10 Å². The van der Waals surface area contributed by atoms with Gasteiger partial charge in [-0.1, -0.05) is 6.92 Å². The highest BCUT2D eigenvalue weighted by Crippen LogP contribution is 2.30. The van der Waals surface area contributed by atoms with Crippen molar-refractivity contribution in [2.45, 2.75) is 44.8 Å². The van der Waals surface area contributed by atoms with Gasteiger partial charge in [-0.3, -0.25) is 4.79 Å². The van der Waals surface area contributed by atoms with Crippen LogP contribution in [0, 0.1) is 5.92 Å². The Labute approximate surface area is 78.8 Å². The van der Waals surface area contributed by atoms with E-state index in [0.717, 1.165) is 25.9 Å². The van der Waals surface area contributed by atoms with Crippen LogP contribution >= 0.6 is 0 Å². The summed E-state index contributed by atoms with van der Waals surface area (Å²) in [6.07, 6.45) is 4.32. The van der Waals surface area contributed by atoms with Gasteiger partial charge in [0, 0.05) is 25.0 Å². The van der Waals surface area contributed by atoms with Crippen molar-refractivity contribution in [1.29, 1.82) is 0 Å². The molecular weight excluding hydrogens is 166 g/mol.